The molecule has 1 saturated heterocycles. The van der Waals surface area contributed by atoms with E-state index in [9.17, 15) is 9.59 Å². The summed E-state index contributed by atoms with van der Waals surface area (Å²) in [6.45, 7) is 1.22. The van der Waals surface area contributed by atoms with Crippen molar-refractivity contribution in [2.75, 3.05) is 13.1 Å². The Morgan fingerprint density at radius 2 is 1.85 bits per heavy atom. The maximum atomic E-state index is 11.1. The molecular weight excluding hydrogens is 176 g/mol. The van der Waals surface area contributed by atoms with Gasteiger partial charge in [0.1, 0.15) is 0 Å². The van der Waals surface area contributed by atoms with Gasteiger partial charge < -0.3 is 9.64 Å². The van der Waals surface area contributed by atoms with E-state index in [-0.39, 0.29) is 0 Å². The number of amides is 2. The fourth-order valence-corrected chi connectivity index (χ4v) is 1.24. The lowest BCUT2D eigenvalue weighted by Gasteiger charge is -2.24. The predicted molar refractivity (Wildman–Crippen MR) is 42.2 cm³/mol. The van der Waals surface area contributed by atoms with Gasteiger partial charge in [0, 0.05) is 13.1 Å². The second-order valence-electron chi connectivity index (χ2n) is 2.81. The molecule has 0 aromatic heterocycles. The highest BCUT2D eigenvalue weighted by atomic mass is 16.6. The maximum Gasteiger partial charge on any atom is 0.440 e. The number of hydroxylamine groups is 1. The zero-order valence-corrected chi connectivity index (χ0v) is 7.15. The van der Waals surface area contributed by atoms with Gasteiger partial charge in [0.25, 0.3) is 0 Å². The van der Waals surface area contributed by atoms with Crippen LogP contribution in [0.25, 0.3) is 0 Å². The van der Waals surface area contributed by atoms with Crippen LogP contribution in [0.5, 0.6) is 0 Å². The second-order valence-corrected chi connectivity index (χ2v) is 2.81. The van der Waals surface area contributed by atoms with Gasteiger partial charge in [-0.2, -0.15) is 0 Å². The van der Waals surface area contributed by atoms with Crippen molar-refractivity contribution in [1.29, 1.82) is 0 Å². The maximum absolute atomic E-state index is 11.1. The van der Waals surface area contributed by atoms with Crippen molar-refractivity contribution in [2.45, 2.75) is 19.3 Å². The number of rotatable bonds is 0. The van der Waals surface area contributed by atoms with Gasteiger partial charge in [-0.1, -0.05) is 0 Å². The summed E-state index contributed by atoms with van der Waals surface area (Å²) in [6.07, 6.45) is 1.10. The Hall–Kier alpha value is -1.30. The first kappa shape index (κ1) is 9.79. The zero-order valence-electron chi connectivity index (χ0n) is 7.15. The average molecular weight is 188 g/mol. The fourth-order valence-electron chi connectivity index (χ4n) is 1.24. The Morgan fingerprint density at radius 3 is 2.38 bits per heavy atom. The van der Waals surface area contributed by atoms with Crippen LogP contribution in [0.4, 0.5) is 9.59 Å². The fraction of sp³-hybridized carbons (Fsp3) is 0.714. The molecule has 0 unspecified atom stereocenters. The molecule has 2 N–H and O–H groups in total. The molecule has 1 aliphatic rings. The molecule has 74 valence electrons. The van der Waals surface area contributed by atoms with Crippen LogP contribution in [0.3, 0.4) is 0 Å². The number of carbonyl (C=O) groups is 2. The van der Waals surface area contributed by atoms with Gasteiger partial charge >= 0.3 is 12.2 Å². The third kappa shape index (κ3) is 2.90. The molecular formula is C7H12N2O4. The quantitative estimate of drug-likeness (QED) is 0.333. The molecule has 0 spiro atoms. The molecule has 0 saturated carbocycles. The van der Waals surface area contributed by atoms with Gasteiger partial charge in [-0.15, -0.1) is 0 Å². The molecule has 1 aliphatic heterocycles. The largest absolute Gasteiger partial charge is 0.440 e. The summed E-state index contributed by atoms with van der Waals surface area (Å²) in [5.41, 5.74) is 1.23. The van der Waals surface area contributed by atoms with Gasteiger partial charge in [-0.3, -0.25) is 5.21 Å². The molecule has 0 aromatic rings. The van der Waals surface area contributed by atoms with Gasteiger partial charge in [-0.25, -0.2) is 15.1 Å². The Kier molecular flexibility index (Phi) is 3.51. The van der Waals surface area contributed by atoms with Crippen molar-refractivity contribution in [1.82, 2.24) is 10.4 Å². The summed E-state index contributed by atoms with van der Waals surface area (Å²) in [4.78, 5) is 23.0. The lowest BCUT2D eigenvalue weighted by molar-refractivity contribution is 0.0821. The van der Waals surface area contributed by atoms with Crippen molar-refractivity contribution in [3.05, 3.63) is 0 Å². The zero-order chi connectivity index (χ0) is 9.68. The monoisotopic (exact) mass is 188 g/mol. The number of likely N-dealkylation sites (tertiary alicyclic amines) is 1. The summed E-state index contributed by atoms with van der Waals surface area (Å²) in [5.74, 6) is 0. The number of nitrogens with one attached hydrogen (secondary N) is 1. The summed E-state index contributed by atoms with van der Waals surface area (Å²) < 4.78 is 4.23. The molecule has 0 bridgehead atoms. The topological polar surface area (TPSA) is 78.9 Å². The van der Waals surface area contributed by atoms with Crippen LogP contribution in [0.15, 0.2) is 0 Å². The summed E-state index contributed by atoms with van der Waals surface area (Å²) in [7, 11) is 0. The van der Waals surface area contributed by atoms with E-state index in [0.29, 0.717) is 13.1 Å². The Labute approximate surface area is 75.4 Å². The van der Waals surface area contributed by atoms with Crippen molar-refractivity contribution in [3.63, 3.8) is 0 Å². The highest BCUT2D eigenvalue weighted by Gasteiger charge is 2.19. The van der Waals surface area contributed by atoms with E-state index in [0.717, 1.165) is 19.3 Å². The van der Waals surface area contributed by atoms with Crippen LogP contribution in [-0.4, -0.2) is 35.4 Å². The lowest BCUT2D eigenvalue weighted by atomic mass is 10.1. The van der Waals surface area contributed by atoms with Crippen LogP contribution in [-0.2, 0) is 4.74 Å². The van der Waals surface area contributed by atoms with E-state index < -0.39 is 12.2 Å². The number of nitrogens with zero attached hydrogens (tertiary/aromatic N) is 1. The van der Waals surface area contributed by atoms with E-state index in [4.69, 9.17) is 5.21 Å². The third-order valence-electron chi connectivity index (χ3n) is 1.89. The molecule has 1 rings (SSSR count). The minimum absolute atomic E-state index is 0.609. The predicted octanol–water partition coefficient (Wildman–Crippen LogP) is 0.708. The van der Waals surface area contributed by atoms with Crippen LogP contribution >= 0.6 is 0 Å². The first-order valence-electron chi connectivity index (χ1n) is 4.15. The minimum Gasteiger partial charge on any atom is -0.358 e. The summed E-state index contributed by atoms with van der Waals surface area (Å²) >= 11 is 0. The first-order chi connectivity index (χ1) is 6.24. The molecule has 2 amide bonds. The number of carbonyl (C=O) groups excluding carboxylic acids is 2. The molecule has 6 heteroatoms. The highest BCUT2D eigenvalue weighted by Crippen LogP contribution is 2.09. The standard InChI is InChI=1S/C7H12N2O4/c10-6(8-12)13-7(11)9-4-2-1-3-5-9/h12H,1-5H2,(H,8,10). The lowest BCUT2D eigenvalue weighted by Crippen LogP contribution is -2.38. The van der Waals surface area contributed by atoms with Gasteiger partial charge in [0.05, 0.1) is 0 Å². The molecule has 13 heavy (non-hydrogen) atoms. The number of piperidine rings is 1. The minimum atomic E-state index is -1.14. The van der Waals surface area contributed by atoms with E-state index in [1.165, 1.54) is 10.4 Å². The van der Waals surface area contributed by atoms with E-state index in [1.807, 2.05) is 0 Å². The van der Waals surface area contributed by atoms with Crippen molar-refractivity contribution < 1.29 is 19.5 Å². The third-order valence-corrected chi connectivity index (χ3v) is 1.89. The second kappa shape index (κ2) is 4.66. The average Bonchev–Trinajstić information content (AvgIpc) is 2.19. The number of hydrogen-bond acceptors (Lipinski definition) is 4. The van der Waals surface area contributed by atoms with E-state index in [2.05, 4.69) is 4.74 Å². The molecule has 1 fully saturated rings. The molecule has 0 aromatic carbocycles. The molecule has 0 atom stereocenters. The van der Waals surface area contributed by atoms with Crippen LogP contribution in [0.2, 0.25) is 0 Å². The summed E-state index contributed by atoms with van der Waals surface area (Å²) in [6, 6.07) is 0. The van der Waals surface area contributed by atoms with Crippen LogP contribution < -0.4 is 5.48 Å². The normalized spacial score (nSPS) is 16.5. The number of ether oxygens (including phenoxy) is 1. The van der Waals surface area contributed by atoms with Crippen LogP contribution in [0.1, 0.15) is 19.3 Å². The van der Waals surface area contributed by atoms with E-state index >= 15 is 0 Å². The summed E-state index contributed by atoms with van der Waals surface area (Å²) in [5, 5.41) is 8.09. The van der Waals surface area contributed by atoms with E-state index in [1.54, 1.807) is 0 Å². The Bertz CT molecular complexity index is 201. The van der Waals surface area contributed by atoms with Gasteiger partial charge in [-0.05, 0) is 19.3 Å². The number of hydrogen-bond donors (Lipinski definition) is 2. The molecule has 0 aliphatic carbocycles. The highest BCUT2D eigenvalue weighted by molar-refractivity contribution is 5.82. The van der Waals surface area contributed by atoms with Crippen LogP contribution in [0, 0.1) is 0 Å². The van der Waals surface area contributed by atoms with Crippen molar-refractivity contribution in [2.24, 2.45) is 0 Å². The SMILES string of the molecule is O=C(NO)OC(=O)N1CCCCC1. The van der Waals surface area contributed by atoms with Gasteiger partial charge in [0.15, 0.2) is 0 Å². The molecule has 0 radical (unpaired) electrons. The Morgan fingerprint density at radius 1 is 1.23 bits per heavy atom. The smallest absolute Gasteiger partial charge is 0.358 e. The molecule has 6 nitrogen and oxygen atoms in total. The van der Waals surface area contributed by atoms with Crippen molar-refractivity contribution >= 4 is 12.2 Å². The van der Waals surface area contributed by atoms with Gasteiger partial charge in [0.2, 0.25) is 0 Å². The van der Waals surface area contributed by atoms with Crippen molar-refractivity contribution in [3.8, 4) is 0 Å². The first-order valence-corrected chi connectivity index (χ1v) is 4.15. The molecule has 1 heterocycles. The Balaban J connectivity index is 2.33.